The first-order chi connectivity index (χ1) is 20.0. The van der Waals surface area contributed by atoms with Crippen LogP contribution in [-0.2, 0) is 0 Å². The summed E-state index contributed by atoms with van der Waals surface area (Å²) in [5, 5.41) is 14.3. The van der Waals surface area contributed by atoms with Crippen LogP contribution in [0.4, 0.5) is 0 Å². The van der Waals surface area contributed by atoms with Crippen molar-refractivity contribution in [1.82, 2.24) is 0 Å². The molecule has 0 aliphatic carbocycles. The van der Waals surface area contributed by atoms with Crippen molar-refractivity contribution < 1.29 is 0 Å². The highest BCUT2D eigenvalue weighted by atomic mass is 14.2. The summed E-state index contributed by atoms with van der Waals surface area (Å²) in [6.07, 6.45) is 0. The normalized spacial score (nSPS) is 9.34. The molecule has 0 heteroatoms. The number of aryl methyl sites for hydroxylation is 5. The van der Waals surface area contributed by atoms with Crippen LogP contribution in [-0.4, -0.2) is 0 Å². The lowest BCUT2D eigenvalue weighted by molar-refractivity contribution is 1.41. The number of hydrogen-bond acceptors (Lipinski definition) is 0. The molecule has 0 aliphatic heterocycles. The van der Waals surface area contributed by atoms with Crippen molar-refractivity contribution in [2.45, 2.75) is 132 Å². The molecule has 6 aromatic rings. The molecule has 6 rings (SSSR count). The molecule has 0 bridgehead atoms. The van der Waals surface area contributed by atoms with Crippen LogP contribution in [0.3, 0.4) is 0 Å². The molecule has 0 radical (unpaired) electrons. The van der Waals surface area contributed by atoms with Gasteiger partial charge in [-0.1, -0.05) is 139 Å². The van der Waals surface area contributed by atoms with Gasteiger partial charge in [0.25, 0.3) is 0 Å². The summed E-state index contributed by atoms with van der Waals surface area (Å²) in [6.45, 7) is 39.3. The van der Waals surface area contributed by atoms with Gasteiger partial charge >= 0.3 is 0 Å². The molecule has 0 nitrogen and oxygen atoms in total. The van der Waals surface area contributed by atoms with Gasteiger partial charge in [0.05, 0.1) is 0 Å². The van der Waals surface area contributed by atoms with E-state index in [2.05, 4.69) is 77.1 Å². The molecule has 0 fully saturated rings. The van der Waals surface area contributed by atoms with Crippen LogP contribution >= 0.6 is 0 Å². The highest BCUT2D eigenvalue weighted by Crippen LogP contribution is 2.48. The predicted octanol–water partition coefficient (Wildman–Crippen LogP) is 15.1. The summed E-state index contributed by atoms with van der Waals surface area (Å²) in [5.74, 6) is 0. The molecular formula is C41H64. The van der Waals surface area contributed by atoms with Crippen LogP contribution < -0.4 is 0 Å². The summed E-state index contributed by atoms with van der Waals surface area (Å²) >= 11 is 0. The molecular weight excluding hydrogens is 492 g/mol. The summed E-state index contributed by atoms with van der Waals surface area (Å²) in [5.41, 5.74) is 6.96. The van der Waals surface area contributed by atoms with E-state index in [-0.39, 0.29) is 0 Å². The molecule has 0 aromatic heterocycles. The molecule has 0 amide bonds. The second-order valence-electron chi connectivity index (χ2n) is 8.39. The minimum atomic E-state index is 1.36. The van der Waals surface area contributed by atoms with Crippen LogP contribution in [0.1, 0.15) is 125 Å². The standard InChI is InChI=1S/C27H22.7C2H6/c1-13-6-7-22-23-15(3)12-14(2)19-9-11-21-17(5)16(4)20-10-8-18(13)24(22)26(20)27(21)25(19)23;7*1-2/h6-12H,1-5H3;7*1-2H3. The predicted molar refractivity (Wildman–Crippen MR) is 199 cm³/mol. The number of rotatable bonds is 0. The van der Waals surface area contributed by atoms with Crippen LogP contribution in [0.5, 0.6) is 0 Å². The van der Waals surface area contributed by atoms with Crippen LogP contribution in [0, 0.1) is 34.6 Å². The van der Waals surface area contributed by atoms with Gasteiger partial charge in [0.2, 0.25) is 0 Å². The largest absolute Gasteiger partial charge is 0.0683 e. The second kappa shape index (κ2) is 20.1. The molecule has 0 heterocycles. The average molecular weight is 557 g/mol. The van der Waals surface area contributed by atoms with Gasteiger partial charge in [-0.3, -0.25) is 0 Å². The van der Waals surface area contributed by atoms with Gasteiger partial charge in [-0.15, -0.1) is 0 Å². The van der Waals surface area contributed by atoms with E-state index in [4.69, 9.17) is 0 Å². The van der Waals surface area contributed by atoms with Gasteiger partial charge < -0.3 is 0 Å². The van der Waals surface area contributed by atoms with Gasteiger partial charge in [-0.2, -0.15) is 0 Å². The maximum Gasteiger partial charge on any atom is -0.00110 e. The van der Waals surface area contributed by atoms with Gasteiger partial charge in [0.1, 0.15) is 0 Å². The van der Waals surface area contributed by atoms with Crippen LogP contribution in [0.15, 0.2) is 42.5 Å². The fourth-order valence-electron chi connectivity index (χ4n) is 5.56. The molecule has 0 unspecified atom stereocenters. The van der Waals surface area contributed by atoms with Gasteiger partial charge in [-0.05, 0) is 116 Å². The fourth-order valence-corrected chi connectivity index (χ4v) is 5.56. The van der Waals surface area contributed by atoms with Crippen molar-refractivity contribution in [3.8, 4) is 0 Å². The summed E-state index contributed by atoms with van der Waals surface area (Å²) in [7, 11) is 0. The first kappa shape index (κ1) is 40.3. The Morgan fingerprint density at radius 1 is 0.268 bits per heavy atom. The van der Waals surface area contributed by atoms with E-state index in [9.17, 15) is 0 Å². The fraction of sp³-hybridized carbons (Fsp3) is 0.463. The van der Waals surface area contributed by atoms with E-state index in [1.165, 1.54) is 81.7 Å². The molecule has 228 valence electrons. The van der Waals surface area contributed by atoms with Crippen molar-refractivity contribution >= 4 is 53.9 Å². The van der Waals surface area contributed by atoms with Crippen molar-refractivity contribution in [3.63, 3.8) is 0 Å². The van der Waals surface area contributed by atoms with Gasteiger partial charge in [-0.25, -0.2) is 0 Å². The third-order valence-corrected chi connectivity index (χ3v) is 7.00. The molecule has 0 spiro atoms. The monoisotopic (exact) mass is 557 g/mol. The number of fused-ring (bicyclic) bond motifs is 1. The zero-order valence-electron chi connectivity index (χ0n) is 30.5. The highest BCUT2D eigenvalue weighted by molar-refractivity contribution is 6.41. The summed E-state index contributed by atoms with van der Waals surface area (Å²) < 4.78 is 0. The van der Waals surface area contributed by atoms with Crippen LogP contribution in [0.25, 0.3) is 53.9 Å². The Balaban J connectivity index is 0. The van der Waals surface area contributed by atoms with E-state index >= 15 is 0 Å². The second-order valence-corrected chi connectivity index (χ2v) is 8.39. The van der Waals surface area contributed by atoms with Gasteiger partial charge in [0, 0.05) is 0 Å². The molecule has 0 saturated carbocycles. The average Bonchev–Trinajstić information content (AvgIpc) is 3.06. The third-order valence-electron chi connectivity index (χ3n) is 7.00. The minimum Gasteiger partial charge on any atom is -0.0683 e. The third kappa shape index (κ3) is 7.14. The Hall–Kier alpha value is -2.86. The Labute approximate surface area is 255 Å². The lowest BCUT2D eigenvalue weighted by atomic mass is 9.80. The zero-order chi connectivity index (χ0) is 32.6. The Bertz CT molecular complexity index is 1550. The Morgan fingerprint density at radius 3 is 1.02 bits per heavy atom. The lowest BCUT2D eigenvalue weighted by Gasteiger charge is -2.23. The lowest BCUT2D eigenvalue weighted by Crippen LogP contribution is -1.97. The molecule has 0 aliphatic rings. The van der Waals surface area contributed by atoms with Crippen molar-refractivity contribution in [2.75, 3.05) is 0 Å². The minimum absolute atomic E-state index is 1.36. The summed E-state index contributed by atoms with van der Waals surface area (Å²) in [6, 6.07) is 16.4. The van der Waals surface area contributed by atoms with Crippen molar-refractivity contribution in [2.24, 2.45) is 0 Å². The maximum absolute atomic E-state index is 2.36. The molecule has 0 saturated heterocycles. The topological polar surface area (TPSA) is 0 Å². The first-order valence-corrected chi connectivity index (χ1v) is 16.8. The van der Waals surface area contributed by atoms with Crippen molar-refractivity contribution in [1.29, 1.82) is 0 Å². The van der Waals surface area contributed by atoms with Gasteiger partial charge in [0.15, 0.2) is 0 Å². The van der Waals surface area contributed by atoms with E-state index in [1.807, 2.05) is 96.9 Å². The Morgan fingerprint density at radius 2 is 0.585 bits per heavy atom. The molecule has 6 aromatic carbocycles. The van der Waals surface area contributed by atoms with E-state index < -0.39 is 0 Å². The SMILES string of the molecule is CC.CC.CC.CC.CC.CC.CC.Cc1ccc2c3c(C)cc(C)c4ccc5c(C)c(C)c6ccc1c2c6c5c43. The van der Waals surface area contributed by atoms with E-state index in [1.54, 1.807) is 0 Å². The maximum atomic E-state index is 2.36. The zero-order valence-corrected chi connectivity index (χ0v) is 30.5. The summed E-state index contributed by atoms with van der Waals surface area (Å²) in [4.78, 5) is 0. The first-order valence-electron chi connectivity index (χ1n) is 16.8. The highest BCUT2D eigenvalue weighted by Gasteiger charge is 2.21. The van der Waals surface area contributed by atoms with Crippen LogP contribution in [0.2, 0.25) is 0 Å². The van der Waals surface area contributed by atoms with Crippen molar-refractivity contribution in [3.05, 3.63) is 70.3 Å². The molecule has 41 heavy (non-hydrogen) atoms. The molecule has 0 atom stereocenters. The Kier molecular flexibility index (Phi) is 19.7. The molecule has 0 N–H and O–H groups in total. The quantitative estimate of drug-likeness (QED) is 0.129. The number of benzene rings is 6. The van der Waals surface area contributed by atoms with E-state index in [0.717, 1.165) is 0 Å². The number of hydrogen-bond donors (Lipinski definition) is 0. The van der Waals surface area contributed by atoms with E-state index in [0.29, 0.717) is 0 Å². The smallest absolute Gasteiger partial charge is 0.00110 e.